The van der Waals surface area contributed by atoms with E-state index in [1.807, 2.05) is 20.8 Å². The second kappa shape index (κ2) is 5.67. The van der Waals surface area contributed by atoms with Gasteiger partial charge < -0.3 is 10.2 Å². The molecular formula is C13H26N2O. The van der Waals surface area contributed by atoms with Crippen LogP contribution in [0.5, 0.6) is 0 Å². The first-order valence-electron chi connectivity index (χ1n) is 6.47. The van der Waals surface area contributed by atoms with Crippen LogP contribution in [0.25, 0.3) is 0 Å². The van der Waals surface area contributed by atoms with E-state index >= 15 is 0 Å². The van der Waals surface area contributed by atoms with Crippen LogP contribution in [0.2, 0.25) is 0 Å². The van der Waals surface area contributed by atoms with Crippen LogP contribution in [0.4, 0.5) is 0 Å². The maximum atomic E-state index is 11.9. The van der Waals surface area contributed by atoms with Crippen molar-refractivity contribution in [1.29, 1.82) is 0 Å². The van der Waals surface area contributed by atoms with Gasteiger partial charge in [0.1, 0.15) is 0 Å². The molecule has 0 aromatic carbocycles. The Morgan fingerprint density at radius 3 is 2.31 bits per heavy atom. The zero-order valence-corrected chi connectivity index (χ0v) is 11.2. The molecule has 1 N–H and O–H groups in total. The molecule has 1 aliphatic rings. The van der Waals surface area contributed by atoms with Gasteiger partial charge in [0.05, 0.1) is 0 Å². The SMILES string of the molecule is CC[C@@H](CN1CCCC1)NC(=O)C(C)(C)C. The van der Waals surface area contributed by atoms with Gasteiger partial charge in [-0.2, -0.15) is 0 Å². The summed E-state index contributed by atoms with van der Waals surface area (Å²) in [5, 5.41) is 3.15. The summed E-state index contributed by atoms with van der Waals surface area (Å²) in [6.07, 6.45) is 3.63. The Balaban J connectivity index is 2.39. The number of carbonyl (C=O) groups is 1. The first-order chi connectivity index (χ1) is 7.43. The summed E-state index contributed by atoms with van der Waals surface area (Å²) in [7, 11) is 0. The van der Waals surface area contributed by atoms with Crippen LogP contribution in [0.15, 0.2) is 0 Å². The Hall–Kier alpha value is -0.570. The van der Waals surface area contributed by atoms with E-state index in [-0.39, 0.29) is 11.3 Å². The second-order valence-corrected chi connectivity index (χ2v) is 5.84. The van der Waals surface area contributed by atoms with E-state index in [1.165, 1.54) is 25.9 Å². The lowest BCUT2D eigenvalue weighted by Gasteiger charge is -2.27. The van der Waals surface area contributed by atoms with E-state index < -0.39 is 0 Å². The second-order valence-electron chi connectivity index (χ2n) is 5.84. The molecule has 0 aromatic heterocycles. The summed E-state index contributed by atoms with van der Waals surface area (Å²) in [4.78, 5) is 14.3. The molecule has 3 heteroatoms. The summed E-state index contributed by atoms with van der Waals surface area (Å²) >= 11 is 0. The third kappa shape index (κ3) is 4.12. The van der Waals surface area contributed by atoms with E-state index in [0.29, 0.717) is 6.04 Å². The van der Waals surface area contributed by atoms with E-state index in [2.05, 4.69) is 17.1 Å². The van der Waals surface area contributed by atoms with Gasteiger partial charge in [-0.15, -0.1) is 0 Å². The van der Waals surface area contributed by atoms with Crippen LogP contribution in [0, 0.1) is 5.41 Å². The lowest BCUT2D eigenvalue weighted by Crippen LogP contribution is -2.46. The van der Waals surface area contributed by atoms with Crippen molar-refractivity contribution in [3.05, 3.63) is 0 Å². The number of carbonyl (C=O) groups excluding carboxylic acids is 1. The summed E-state index contributed by atoms with van der Waals surface area (Å²) < 4.78 is 0. The molecule has 1 saturated heterocycles. The molecule has 1 heterocycles. The van der Waals surface area contributed by atoms with Gasteiger partial charge in [0.25, 0.3) is 0 Å². The largest absolute Gasteiger partial charge is 0.352 e. The Morgan fingerprint density at radius 1 is 1.31 bits per heavy atom. The van der Waals surface area contributed by atoms with Gasteiger partial charge in [-0.25, -0.2) is 0 Å². The summed E-state index contributed by atoms with van der Waals surface area (Å²) in [6.45, 7) is 11.4. The fraction of sp³-hybridized carbons (Fsp3) is 0.923. The normalized spacial score (nSPS) is 19.8. The van der Waals surface area contributed by atoms with Crippen LogP contribution in [-0.2, 0) is 4.79 Å². The van der Waals surface area contributed by atoms with Crippen molar-refractivity contribution < 1.29 is 4.79 Å². The highest BCUT2D eigenvalue weighted by atomic mass is 16.2. The minimum absolute atomic E-state index is 0.165. The van der Waals surface area contributed by atoms with Gasteiger partial charge >= 0.3 is 0 Å². The van der Waals surface area contributed by atoms with E-state index in [4.69, 9.17) is 0 Å². The molecule has 0 radical (unpaired) electrons. The van der Waals surface area contributed by atoms with Crippen molar-refractivity contribution in [2.45, 2.75) is 53.0 Å². The minimum atomic E-state index is -0.279. The zero-order valence-electron chi connectivity index (χ0n) is 11.2. The first kappa shape index (κ1) is 13.5. The lowest BCUT2D eigenvalue weighted by molar-refractivity contribution is -0.129. The van der Waals surface area contributed by atoms with Crippen LogP contribution < -0.4 is 5.32 Å². The third-order valence-electron chi connectivity index (χ3n) is 3.19. The molecule has 0 spiro atoms. The minimum Gasteiger partial charge on any atom is -0.352 e. The van der Waals surface area contributed by atoms with E-state index in [9.17, 15) is 4.79 Å². The van der Waals surface area contributed by atoms with E-state index in [1.54, 1.807) is 0 Å². The number of rotatable bonds is 4. The lowest BCUT2D eigenvalue weighted by atomic mass is 9.95. The Kier molecular flexibility index (Phi) is 4.78. The van der Waals surface area contributed by atoms with Crippen molar-refractivity contribution >= 4 is 5.91 Å². The predicted octanol–water partition coefficient (Wildman–Crippen LogP) is 2.02. The highest BCUT2D eigenvalue weighted by Crippen LogP contribution is 2.14. The summed E-state index contributed by atoms with van der Waals surface area (Å²) in [5.41, 5.74) is -0.279. The smallest absolute Gasteiger partial charge is 0.225 e. The molecule has 1 amide bonds. The Morgan fingerprint density at radius 2 is 1.88 bits per heavy atom. The Labute approximate surface area is 99.6 Å². The molecule has 1 fully saturated rings. The summed E-state index contributed by atoms with van der Waals surface area (Å²) in [5.74, 6) is 0.165. The summed E-state index contributed by atoms with van der Waals surface area (Å²) in [6, 6.07) is 0.310. The van der Waals surface area contributed by atoms with Crippen LogP contribution in [-0.4, -0.2) is 36.5 Å². The molecule has 16 heavy (non-hydrogen) atoms. The van der Waals surface area contributed by atoms with Crippen molar-refractivity contribution in [1.82, 2.24) is 10.2 Å². The molecule has 0 saturated carbocycles. The number of likely N-dealkylation sites (tertiary alicyclic amines) is 1. The standard InChI is InChI=1S/C13H26N2O/c1-5-11(10-15-8-6-7-9-15)14-12(16)13(2,3)4/h11H,5-10H2,1-4H3,(H,14,16)/t11-/m0/s1. The molecule has 0 aromatic rings. The van der Waals surface area contributed by atoms with Crippen LogP contribution in [0.3, 0.4) is 0 Å². The van der Waals surface area contributed by atoms with Gasteiger partial charge in [0.2, 0.25) is 5.91 Å². The maximum Gasteiger partial charge on any atom is 0.225 e. The first-order valence-corrected chi connectivity index (χ1v) is 6.47. The van der Waals surface area contributed by atoms with Crippen LogP contribution in [0.1, 0.15) is 47.0 Å². The molecule has 1 rings (SSSR count). The quantitative estimate of drug-likeness (QED) is 0.795. The molecule has 3 nitrogen and oxygen atoms in total. The van der Waals surface area contributed by atoms with Gasteiger partial charge in [-0.05, 0) is 32.4 Å². The molecular weight excluding hydrogens is 200 g/mol. The fourth-order valence-electron chi connectivity index (χ4n) is 1.96. The average molecular weight is 226 g/mol. The monoisotopic (exact) mass is 226 g/mol. The highest BCUT2D eigenvalue weighted by molar-refractivity contribution is 5.81. The number of nitrogens with zero attached hydrogens (tertiary/aromatic N) is 1. The Bertz CT molecular complexity index is 227. The van der Waals surface area contributed by atoms with Gasteiger partial charge in [0, 0.05) is 18.0 Å². The number of hydrogen-bond acceptors (Lipinski definition) is 2. The van der Waals surface area contributed by atoms with Crippen molar-refractivity contribution in [3.8, 4) is 0 Å². The van der Waals surface area contributed by atoms with Crippen LogP contribution >= 0.6 is 0 Å². The molecule has 0 unspecified atom stereocenters. The molecule has 1 aliphatic heterocycles. The van der Waals surface area contributed by atoms with E-state index in [0.717, 1.165) is 13.0 Å². The number of nitrogens with one attached hydrogen (secondary N) is 1. The van der Waals surface area contributed by atoms with Crippen molar-refractivity contribution in [2.24, 2.45) is 5.41 Å². The predicted molar refractivity (Wildman–Crippen MR) is 67.4 cm³/mol. The number of hydrogen-bond donors (Lipinski definition) is 1. The fourth-order valence-corrected chi connectivity index (χ4v) is 1.96. The molecule has 0 bridgehead atoms. The van der Waals surface area contributed by atoms with Crippen molar-refractivity contribution in [2.75, 3.05) is 19.6 Å². The molecule has 94 valence electrons. The maximum absolute atomic E-state index is 11.9. The van der Waals surface area contributed by atoms with Gasteiger partial charge in [-0.1, -0.05) is 27.7 Å². The third-order valence-corrected chi connectivity index (χ3v) is 3.19. The topological polar surface area (TPSA) is 32.3 Å². The highest BCUT2D eigenvalue weighted by Gasteiger charge is 2.24. The zero-order chi connectivity index (χ0) is 12.2. The number of amides is 1. The van der Waals surface area contributed by atoms with Crippen molar-refractivity contribution in [3.63, 3.8) is 0 Å². The molecule has 0 aliphatic carbocycles. The van der Waals surface area contributed by atoms with Gasteiger partial charge in [-0.3, -0.25) is 4.79 Å². The van der Waals surface area contributed by atoms with Gasteiger partial charge in [0.15, 0.2) is 0 Å². The molecule has 1 atom stereocenters. The average Bonchev–Trinajstić information content (AvgIpc) is 2.67.